The van der Waals surface area contributed by atoms with Gasteiger partial charge in [-0.3, -0.25) is 0 Å². The predicted molar refractivity (Wildman–Crippen MR) is 78.0 cm³/mol. The van der Waals surface area contributed by atoms with Crippen molar-refractivity contribution in [3.05, 3.63) is 23.3 Å². The molecule has 0 aromatic heterocycles. The third kappa shape index (κ3) is 4.19. The molecule has 6 nitrogen and oxygen atoms in total. The fourth-order valence-corrected chi connectivity index (χ4v) is 1.57. The van der Waals surface area contributed by atoms with Gasteiger partial charge in [-0.05, 0) is 19.1 Å². The molecule has 114 valence electrons. The first kappa shape index (κ1) is 16.9. The molecule has 0 aliphatic heterocycles. The van der Waals surface area contributed by atoms with Crippen molar-refractivity contribution >= 4 is 11.9 Å². The van der Waals surface area contributed by atoms with Gasteiger partial charge in [-0.2, -0.15) is 0 Å². The van der Waals surface area contributed by atoms with Crippen LogP contribution in [-0.2, 0) is 4.74 Å². The monoisotopic (exact) mass is 302 g/mol. The second-order valence-electron chi connectivity index (χ2n) is 3.86. The molecule has 0 bridgehead atoms. The van der Waals surface area contributed by atoms with E-state index >= 15 is 0 Å². The van der Waals surface area contributed by atoms with E-state index in [-0.39, 0.29) is 42.4 Å². The van der Waals surface area contributed by atoms with Crippen LogP contribution in [0.25, 0.3) is 0 Å². The van der Waals surface area contributed by atoms with Crippen molar-refractivity contribution in [3.63, 3.8) is 0 Å². The summed E-state index contributed by atoms with van der Waals surface area (Å²) in [4.78, 5) is 23.2. The van der Waals surface area contributed by atoms with Crippen molar-refractivity contribution < 1.29 is 28.9 Å². The quantitative estimate of drug-likeness (QED) is 0.608. The number of benzene rings is 1. The Kier molecular flexibility index (Phi) is 6.33. The largest absolute Gasteiger partial charge is 0.480 e. The van der Waals surface area contributed by atoms with Gasteiger partial charge >= 0.3 is 11.9 Å². The summed E-state index contributed by atoms with van der Waals surface area (Å²) in [6, 6.07) is 2.36. The number of esters is 1. The molecule has 1 aromatic carbocycles. The van der Waals surface area contributed by atoms with E-state index in [1.54, 1.807) is 6.92 Å². The van der Waals surface area contributed by atoms with Gasteiger partial charge in [0.15, 0.2) is 0 Å². The highest BCUT2D eigenvalue weighted by Gasteiger charge is 2.21. The van der Waals surface area contributed by atoms with E-state index in [9.17, 15) is 14.7 Å². The summed E-state index contributed by atoms with van der Waals surface area (Å²) in [6.07, 6.45) is 10.2. The van der Waals surface area contributed by atoms with Gasteiger partial charge in [-0.15, -0.1) is 12.8 Å². The summed E-state index contributed by atoms with van der Waals surface area (Å²) in [6.45, 7) is 1.51. The Morgan fingerprint density at radius 1 is 1.09 bits per heavy atom. The molecule has 6 heteroatoms. The van der Waals surface area contributed by atoms with E-state index < -0.39 is 11.9 Å². The Hall–Kier alpha value is -3.12. The molecule has 0 atom stereocenters. The summed E-state index contributed by atoms with van der Waals surface area (Å²) in [7, 11) is 0. The van der Waals surface area contributed by atoms with Crippen LogP contribution in [0.5, 0.6) is 11.5 Å². The second kappa shape index (κ2) is 8.23. The lowest BCUT2D eigenvalue weighted by molar-refractivity contribution is 0.0520. The maximum atomic E-state index is 11.9. The molecule has 0 spiro atoms. The van der Waals surface area contributed by atoms with Crippen molar-refractivity contribution in [2.75, 3.05) is 19.8 Å². The molecule has 22 heavy (non-hydrogen) atoms. The van der Waals surface area contributed by atoms with E-state index in [0.29, 0.717) is 0 Å². The van der Waals surface area contributed by atoms with Crippen LogP contribution in [0.4, 0.5) is 0 Å². The molecular weight excluding hydrogens is 288 g/mol. The number of hydrogen-bond acceptors (Lipinski definition) is 5. The topological polar surface area (TPSA) is 82.1 Å². The van der Waals surface area contributed by atoms with Crippen LogP contribution >= 0.6 is 0 Å². The summed E-state index contributed by atoms with van der Waals surface area (Å²) in [5.41, 5.74) is -0.190. The molecule has 0 saturated heterocycles. The number of carbonyl (C=O) groups is 2. The lowest BCUT2D eigenvalue weighted by Crippen LogP contribution is -2.12. The summed E-state index contributed by atoms with van der Waals surface area (Å²) < 4.78 is 15.3. The minimum atomic E-state index is -1.26. The van der Waals surface area contributed by atoms with Gasteiger partial charge in [0, 0.05) is 0 Å². The molecule has 0 radical (unpaired) electrons. The zero-order chi connectivity index (χ0) is 16.5. The van der Waals surface area contributed by atoms with Crippen molar-refractivity contribution in [1.82, 2.24) is 0 Å². The number of carboxylic acid groups (broad SMARTS) is 1. The van der Waals surface area contributed by atoms with Crippen LogP contribution in [0, 0.1) is 24.7 Å². The number of ether oxygens (including phenoxy) is 3. The molecule has 1 rings (SSSR count). The van der Waals surface area contributed by atoms with E-state index in [0.717, 1.165) is 6.07 Å². The smallest absolute Gasteiger partial charge is 0.342 e. The summed E-state index contributed by atoms with van der Waals surface area (Å²) in [5.74, 6) is 2.46. The number of terminal acetylenes is 2. The zero-order valence-corrected chi connectivity index (χ0v) is 11.9. The molecular formula is C16H14O6. The summed E-state index contributed by atoms with van der Waals surface area (Å²) in [5, 5.41) is 9.20. The molecule has 0 amide bonds. The van der Waals surface area contributed by atoms with Crippen molar-refractivity contribution in [2.24, 2.45) is 0 Å². The maximum Gasteiger partial charge on any atom is 0.342 e. The first-order valence-electron chi connectivity index (χ1n) is 6.26. The lowest BCUT2D eigenvalue weighted by Gasteiger charge is -2.13. The second-order valence-corrected chi connectivity index (χ2v) is 3.86. The Balaban J connectivity index is 3.37. The van der Waals surface area contributed by atoms with Crippen LogP contribution in [0.15, 0.2) is 12.1 Å². The van der Waals surface area contributed by atoms with Gasteiger partial charge in [-0.1, -0.05) is 11.8 Å². The predicted octanol–water partition coefficient (Wildman–Crippen LogP) is 1.59. The molecule has 1 N–H and O–H groups in total. The van der Waals surface area contributed by atoms with Gasteiger partial charge in [0.1, 0.15) is 35.8 Å². The van der Waals surface area contributed by atoms with Gasteiger partial charge < -0.3 is 19.3 Å². The van der Waals surface area contributed by atoms with E-state index in [4.69, 9.17) is 27.1 Å². The zero-order valence-electron chi connectivity index (χ0n) is 11.9. The average molecular weight is 302 g/mol. The Morgan fingerprint density at radius 2 is 1.59 bits per heavy atom. The fourth-order valence-electron chi connectivity index (χ4n) is 1.57. The summed E-state index contributed by atoms with van der Waals surface area (Å²) >= 11 is 0. The van der Waals surface area contributed by atoms with E-state index in [1.807, 2.05) is 0 Å². The van der Waals surface area contributed by atoms with Crippen LogP contribution in [-0.4, -0.2) is 36.9 Å². The van der Waals surface area contributed by atoms with Crippen molar-refractivity contribution in [2.45, 2.75) is 6.92 Å². The number of carbonyl (C=O) groups excluding carboxylic acids is 1. The standard InChI is InChI=1S/C16H14O6/c1-4-7-21-13-10-12(16(19)20-6-3)14(22-8-5-2)9-11(13)15(17)18/h1-2,9-10H,6-8H2,3H3,(H,17,18). The van der Waals surface area contributed by atoms with Crippen LogP contribution < -0.4 is 9.47 Å². The normalized spacial score (nSPS) is 9.23. The van der Waals surface area contributed by atoms with Crippen LogP contribution in [0.2, 0.25) is 0 Å². The first-order valence-corrected chi connectivity index (χ1v) is 6.26. The van der Waals surface area contributed by atoms with E-state index in [2.05, 4.69) is 11.8 Å². The highest BCUT2D eigenvalue weighted by molar-refractivity contribution is 5.97. The molecule has 0 saturated carbocycles. The Labute approximate surface area is 128 Å². The highest BCUT2D eigenvalue weighted by Crippen LogP contribution is 2.30. The van der Waals surface area contributed by atoms with Crippen LogP contribution in [0.3, 0.4) is 0 Å². The van der Waals surface area contributed by atoms with E-state index in [1.165, 1.54) is 6.07 Å². The molecule has 1 aromatic rings. The number of hydrogen-bond donors (Lipinski definition) is 1. The fraction of sp³-hybridized carbons (Fsp3) is 0.250. The van der Waals surface area contributed by atoms with Crippen molar-refractivity contribution in [1.29, 1.82) is 0 Å². The third-order valence-electron chi connectivity index (χ3n) is 2.43. The molecule has 0 aliphatic carbocycles. The first-order chi connectivity index (χ1) is 10.5. The van der Waals surface area contributed by atoms with Crippen LogP contribution in [0.1, 0.15) is 27.6 Å². The maximum absolute atomic E-state index is 11.9. The molecule has 0 aliphatic rings. The highest BCUT2D eigenvalue weighted by atomic mass is 16.5. The van der Waals surface area contributed by atoms with Crippen molar-refractivity contribution in [3.8, 4) is 36.2 Å². The minimum Gasteiger partial charge on any atom is -0.480 e. The molecule has 0 heterocycles. The minimum absolute atomic E-state index is 0.00172. The van der Waals surface area contributed by atoms with Gasteiger partial charge in [0.25, 0.3) is 0 Å². The van der Waals surface area contributed by atoms with Gasteiger partial charge in [0.2, 0.25) is 0 Å². The number of carboxylic acids is 1. The van der Waals surface area contributed by atoms with Gasteiger partial charge in [0.05, 0.1) is 6.61 Å². The SMILES string of the molecule is C#CCOc1cc(C(=O)OCC)c(OCC#C)cc1C(=O)O. The third-order valence-corrected chi connectivity index (χ3v) is 2.43. The number of rotatable bonds is 7. The average Bonchev–Trinajstić information content (AvgIpc) is 2.50. The van der Waals surface area contributed by atoms with Gasteiger partial charge in [-0.25, -0.2) is 9.59 Å². The molecule has 0 unspecified atom stereocenters. The Morgan fingerprint density at radius 3 is 2.05 bits per heavy atom. The lowest BCUT2D eigenvalue weighted by atomic mass is 10.1. The Bertz CT molecular complexity index is 648. The number of aromatic carboxylic acids is 1. The molecule has 0 fully saturated rings.